The SMILES string of the molecule is CC(C)Cn1c2ccc(OCC(=O)N3CCOCC3)cc2c2c3c(c4c(c21)CCc1nn(C)cc1-4)C(=O)NC3. The van der Waals surface area contributed by atoms with Crippen molar-refractivity contribution in [1.29, 1.82) is 0 Å². The van der Waals surface area contributed by atoms with E-state index in [0.29, 0.717) is 44.5 Å². The maximum atomic E-state index is 13.3. The van der Waals surface area contributed by atoms with Gasteiger partial charge in [-0.2, -0.15) is 5.10 Å². The Hall–Kier alpha value is -3.85. The number of rotatable bonds is 5. The third kappa shape index (κ3) is 3.82. The van der Waals surface area contributed by atoms with Crippen molar-refractivity contribution in [3.8, 4) is 16.9 Å². The Morgan fingerprint density at radius 2 is 1.97 bits per heavy atom. The first-order chi connectivity index (χ1) is 18.9. The highest BCUT2D eigenvalue weighted by atomic mass is 16.5. The van der Waals surface area contributed by atoms with E-state index < -0.39 is 0 Å². The number of nitrogens with zero attached hydrogens (tertiary/aromatic N) is 4. The van der Waals surface area contributed by atoms with E-state index in [1.54, 1.807) is 4.90 Å². The Labute approximate surface area is 226 Å². The summed E-state index contributed by atoms with van der Waals surface area (Å²) >= 11 is 0. The Morgan fingerprint density at radius 1 is 1.15 bits per heavy atom. The lowest BCUT2D eigenvalue weighted by atomic mass is 9.82. The van der Waals surface area contributed by atoms with Gasteiger partial charge in [-0.25, -0.2) is 0 Å². The number of amides is 2. The first-order valence-electron chi connectivity index (χ1n) is 13.8. The van der Waals surface area contributed by atoms with Crippen molar-refractivity contribution in [1.82, 2.24) is 24.6 Å². The molecule has 1 saturated heterocycles. The first-order valence-corrected chi connectivity index (χ1v) is 13.8. The number of morpholine rings is 1. The quantitative estimate of drug-likeness (QED) is 0.430. The summed E-state index contributed by atoms with van der Waals surface area (Å²) in [5, 5.41) is 9.99. The van der Waals surface area contributed by atoms with Crippen LogP contribution in [0.4, 0.5) is 0 Å². The number of nitrogens with one attached hydrogen (secondary N) is 1. The van der Waals surface area contributed by atoms with Gasteiger partial charge in [-0.1, -0.05) is 13.8 Å². The third-order valence-corrected chi connectivity index (χ3v) is 8.19. The smallest absolute Gasteiger partial charge is 0.260 e. The summed E-state index contributed by atoms with van der Waals surface area (Å²) in [6.07, 6.45) is 3.74. The van der Waals surface area contributed by atoms with E-state index in [1.807, 2.05) is 17.8 Å². The fourth-order valence-corrected chi connectivity index (χ4v) is 6.59. The number of aryl methyl sites for hydroxylation is 3. The second kappa shape index (κ2) is 9.12. The lowest BCUT2D eigenvalue weighted by molar-refractivity contribution is -0.137. The molecule has 0 radical (unpaired) electrons. The molecule has 2 aromatic carbocycles. The van der Waals surface area contributed by atoms with Gasteiger partial charge in [0.2, 0.25) is 0 Å². The van der Waals surface area contributed by atoms with Crippen LogP contribution in [0.5, 0.6) is 5.75 Å². The summed E-state index contributed by atoms with van der Waals surface area (Å²) in [5.74, 6) is 1.05. The zero-order valence-electron chi connectivity index (χ0n) is 22.7. The lowest BCUT2D eigenvalue weighted by Gasteiger charge is -2.26. The molecule has 2 aromatic heterocycles. The Bertz CT molecular complexity index is 1660. The van der Waals surface area contributed by atoms with Crippen molar-refractivity contribution in [3.63, 3.8) is 0 Å². The van der Waals surface area contributed by atoms with E-state index >= 15 is 0 Å². The molecule has 0 unspecified atom stereocenters. The van der Waals surface area contributed by atoms with Gasteiger partial charge in [0.25, 0.3) is 11.8 Å². The van der Waals surface area contributed by atoms with Crippen LogP contribution >= 0.6 is 0 Å². The van der Waals surface area contributed by atoms with Gasteiger partial charge in [0.15, 0.2) is 6.61 Å². The van der Waals surface area contributed by atoms with Crippen molar-refractivity contribution < 1.29 is 19.1 Å². The maximum absolute atomic E-state index is 13.3. The topological polar surface area (TPSA) is 90.6 Å². The molecule has 3 aliphatic rings. The molecular weight excluding hydrogens is 494 g/mol. The number of hydrogen-bond donors (Lipinski definition) is 1. The Kier molecular flexibility index (Phi) is 5.66. The summed E-state index contributed by atoms with van der Waals surface area (Å²) < 4.78 is 15.7. The number of fused-ring (bicyclic) bond motifs is 10. The maximum Gasteiger partial charge on any atom is 0.260 e. The molecule has 4 aromatic rings. The summed E-state index contributed by atoms with van der Waals surface area (Å²) in [5.41, 5.74) is 8.55. The van der Waals surface area contributed by atoms with Crippen molar-refractivity contribution >= 4 is 33.6 Å². The summed E-state index contributed by atoms with van der Waals surface area (Å²) in [6, 6.07) is 6.11. The van der Waals surface area contributed by atoms with E-state index in [4.69, 9.17) is 14.6 Å². The van der Waals surface area contributed by atoms with Crippen LogP contribution in [-0.4, -0.2) is 64.0 Å². The molecule has 0 atom stereocenters. The molecule has 1 aliphatic carbocycles. The number of aromatic nitrogens is 3. The van der Waals surface area contributed by atoms with Crippen LogP contribution in [-0.2, 0) is 42.5 Å². The van der Waals surface area contributed by atoms with Gasteiger partial charge in [-0.3, -0.25) is 14.3 Å². The van der Waals surface area contributed by atoms with Crippen molar-refractivity contribution in [2.24, 2.45) is 13.0 Å². The van der Waals surface area contributed by atoms with Gasteiger partial charge in [0, 0.05) is 66.8 Å². The third-order valence-electron chi connectivity index (χ3n) is 8.19. The summed E-state index contributed by atoms with van der Waals surface area (Å²) in [7, 11) is 1.94. The van der Waals surface area contributed by atoms with Crippen molar-refractivity contribution in [2.45, 2.75) is 39.8 Å². The fraction of sp³-hybridized carbons (Fsp3) is 0.433. The standard InChI is InChI=1S/C30H33N5O4/c1-17(2)14-35-24-7-4-18(39-16-25(36)34-8-10-38-11-9-34)12-20(24)27-21-13-31-30(37)28(21)26-19(29(27)35)5-6-23-22(26)15-33(3)32-23/h4,7,12,15,17H,5-6,8-11,13-14,16H2,1-3H3,(H,31,37). The minimum atomic E-state index is -0.0299. The van der Waals surface area contributed by atoms with Gasteiger partial charge in [-0.05, 0) is 48.1 Å². The number of ether oxygens (including phenoxy) is 2. The van der Waals surface area contributed by atoms with E-state index in [1.165, 1.54) is 11.1 Å². The van der Waals surface area contributed by atoms with Gasteiger partial charge in [0.1, 0.15) is 5.75 Å². The molecule has 2 amide bonds. The Balaban J connectivity index is 1.41. The minimum absolute atomic E-state index is 0.00648. The van der Waals surface area contributed by atoms with Gasteiger partial charge >= 0.3 is 0 Å². The minimum Gasteiger partial charge on any atom is -0.484 e. The van der Waals surface area contributed by atoms with Crippen LogP contribution in [0.3, 0.4) is 0 Å². The number of hydrogen-bond acceptors (Lipinski definition) is 5. The highest BCUT2D eigenvalue weighted by Gasteiger charge is 2.35. The molecule has 2 aliphatic heterocycles. The molecule has 0 spiro atoms. The largest absolute Gasteiger partial charge is 0.484 e. The number of benzene rings is 2. The van der Waals surface area contributed by atoms with Crippen molar-refractivity contribution in [3.05, 3.63) is 46.8 Å². The Morgan fingerprint density at radius 3 is 2.77 bits per heavy atom. The first kappa shape index (κ1) is 24.2. The van der Waals surface area contributed by atoms with Crippen LogP contribution < -0.4 is 10.1 Å². The van der Waals surface area contributed by atoms with Crippen LogP contribution in [0.2, 0.25) is 0 Å². The number of carbonyl (C=O) groups is 2. The zero-order valence-corrected chi connectivity index (χ0v) is 22.7. The predicted molar refractivity (Wildman–Crippen MR) is 148 cm³/mol. The molecule has 9 heteroatoms. The average molecular weight is 528 g/mol. The van der Waals surface area contributed by atoms with Gasteiger partial charge in [-0.15, -0.1) is 0 Å². The van der Waals surface area contributed by atoms with Crippen LogP contribution in [0.25, 0.3) is 32.9 Å². The molecule has 0 bridgehead atoms. The van der Waals surface area contributed by atoms with E-state index in [-0.39, 0.29) is 18.4 Å². The normalized spacial score (nSPS) is 16.5. The van der Waals surface area contributed by atoms with Gasteiger partial charge in [0.05, 0.1) is 30.0 Å². The highest BCUT2D eigenvalue weighted by Crippen LogP contribution is 2.47. The fourth-order valence-electron chi connectivity index (χ4n) is 6.59. The second-order valence-electron chi connectivity index (χ2n) is 11.2. The number of carbonyl (C=O) groups excluding carboxylic acids is 2. The molecule has 9 nitrogen and oxygen atoms in total. The lowest BCUT2D eigenvalue weighted by Crippen LogP contribution is -2.42. The monoisotopic (exact) mass is 527 g/mol. The molecule has 202 valence electrons. The highest BCUT2D eigenvalue weighted by molar-refractivity contribution is 6.19. The molecule has 4 heterocycles. The van der Waals surface area contributed by atoms with Gasteiger partial charge < -0.3 is 24.3 Å². The van der Waals surface area contributed by atoms with E-state index in [9.17, 15) is 9.59 Å². The molecule has 1 N–H and O–H groups in total. The summed E-state index contributed by atoms with van der Waals surface area (Å²) in [6.45, 7) is 8.14. The van der Waals surface area contributed by atoms with Crippen LogP contribution in [0.15, 0.2) is 24.4 Å². The van der Waals surface area contributed by atoms with Crippen molar-refractivity contribution in [2.75, 3.05) is 32.9 Å². The van der Waals surface area contributed by atoms with Crippen LogP contribution in [0.1, 0.15) is 41.0 Å². The molecule has 7 rings (SSSR count). The predicted octanol–water partition coefficient (Wildman–Crippen LogP) is 3.43. The van der Waals surface area contributed by atoms with E-state index in [2.05, 4.69) is 42.1 Å². The molecule has 1 fully saturated rings. The van der Waals surface area contributed by atoms with E-state index in [0.717, 1.165) is 63.6 Å². The second-order valence-corrected chi connectivity index (χ2v) is 11.2. The molecule has 0 saturated carbocycles. The average Bonchev–Trinajstić information content (AvgIpc) is 3.60. The molecular formula is C30H33N5O4. The summed E-state index contributed by atoms with van der Waals surface area (Å²) in [4.78, 5) is 27.8. The zero-order chi connectivity index (χ0) is 26.8. The van der Waals surface area contributed by atoms with Crippen LogP contribution in [0, 0.1) is 5.92 Å². The molecule has 39 heavy (non-hydrogen) atoms.